The Kier molecular flexibility index (Phi) is 5.45. The molecule has 0 aromatic carbocycles. The van der Waals surface area contributed by atoms with Crippen molar-refractivity contribution in [1.82, 2.24) is 4.98 Å². The molecule has 4 nitrogen and oxygen atoms in total. The number of hydrogen-bond acceptors (Lipinski definition) is 4. The SMILES string of the molecule is CCCCC(C)Nc1ccc(N)c(OC(C)(C)C)n1. The lowest BCUT2D eigenvalue weighted by Gasteiger charge is -2.22. The van der Waals surface area contributed by atoms with Crippen LogP contribution in [0.4, 0.5) is 11.5 Å². The third-order valence-electron chi connectivity index (χ3n) is 2.68. The van der Waals surface area contributed by atoms with Gasteiger partial charge in [0.05, 0.1) is 5.69 Å². The average molecular weight is 265 g/mol. The van der Waals surface area contributed by atoms with Gasteiger partial charge in [-0.1, -0.05) is 19.8 Å². The van der Waals surface area contributed by atoms with Crippen molar-refractivity contribution in [3.63, 3.8) is 0 Å². The molecule has 0 saturated carbocycles. The van der Waals surface area contributed by atoms with Gasteiger partial charge in [0.2, 0.25) is 5.88 Å². The zero-order valence-corrected chi connectivity index (χ0v) is 12.8. The first-order valence-electron chi connectivity index (χ1n) is 7.04. The van der Waals surface area contributed by atoms with Crippen LogP contribution in [-0.4, -0.2) is 16.6 Å². The third kappa shape index (κ3) is 5.81. The smallest absolute Gasteiger partial charge is 0.239 e. The molecule has 4 heteroatoms. The minimum Gasteiger partial charge on any atom is -0.470 e. The van der Waals surface area contributed by atoms with Crippen molar-refractivity contribution in [1.29, 1.82) is 0 Å². The Morgan fingerprint density at radius 1 is 1.37 bits per heavy atom. The van der Waals surface area contributed by atoms with Gasteiger partial charge in [0.1, 0.15) is 11.4 Å². The number of nitrogens with two attached hydrogens (primary N) is 1. The highest BCUT2D eigenvalue weighted by Crippen LogP contribution is 2.25. The van der Waals surface area contributed by atoms with Crippen LogP contribution in [0, 0.1) is 0 Å². The Hall–Kier alpha value is -1.45. The Morgan fingerprint density at radius 2 is 2.05 bits per heavy atom. The Bertz CT molecular complexity index is 399. The van der Waals surface area contributed by atoms with E-state index in [2.05, 4.69) is 24.1 Å². The van der Waals surface area contributed by atoms with Crippen molar-refractivity contribution in [3.8, 4) is 5.88 Å². The Morgan fingerprint density at radius 3 is 2.63 bits per heavy atom. The van der Waals surface area contributed by atoms with E-state index in [4.69, 9.17) is 10.5 Å². The molecular formula is C15H27N3O. The number of nitrogens with one attached hydrogen (secondary N) is 1. The minimum atomic E-state index is -0.298. The molecule has 0 amide bonds. The summed E-state index contributed by atoms with van der Waals surface area (Å²) < 4.78 is 5.76. The van der Waals surface area contributed by atoms with E-state index in [9.17, 15) is 0 Å². The molecule has 1 aromatic heterocycles. The molecule has 1 atom stereocenters. The maximum Gasteiger partial charge on any atom is 0.239 e. The molecule has 1 unspecified atom stereocenters. The number of unbranched alkanes of at least 4 members (excludes halogenated alkanes) is 1. The zero-order valence-electron chi connectivity index (χ0n) is 12.8. The van der Waals surface area contributed by atoms with Crippen LogP contribution in [0.2, 0.25) is 0 Å². The number of rotatable bonds is 6. The number of nitrogens with zero attached hydrogens (tertiary/aromatic N) is 1. The lowest BCUT2D eigenvalue weighted by molar-refractivity contribution is 0.125. The maximum atomic E-state index is 5.89. The lowest BCUT2D eigenvalue weighted by atomic mass is 10.1. The quantitative estimate of drug-likeness (QED) is 0.820. The minimum absolute atomic E-state index is 0.298. The second kappa shape index (κ2) is 6.64. The highest BCUT2D eigenvalue weighted by molar-refractivity contribution is 5.54. The summed E-state index contributed by atoms with van der Waals surface area (Å²) in [7, 11) is 0. The Labute approximate surface area is 116 Å². The predicted octanol–water partition coefficient (Wildman–Crippen LogP) is 3.83. The van der Waals surface area contributed by atoms with Crippen molar-refractivity contribution in [2.45, 2.75) is 65.5 Å². The summed E-state index contributed by atoms with van der Waals surface area (Å²) in [5, 5.41) is 3.38. The topological polar surface area (TPSA) is 60.2 Å². The van der Waals surface area contributed by atoms with Gasteiger partial charge in [0.15, 0.2) is 0 Å². The van der Waals surface area contributed by atoms with E-state index in [1.165, 1.54) is 12.8 Å². The summed E-state index contributed by atoms with van der Waals surface area (Å²) in [6.45, 7) is 10.3. The summed E-state index contributed by atoms with van der Waals surface area (Å²) in [4.78, 5) is 4.45. The van der Waals surface area contributed by atoms with Gasteiger partial charge < -0.3 is 15.8 Å². The first kappa shape index (κ1) is 15.6. The van der Waals surface area contributed by atoms with Gasteiger partial charge in [-0.05, 0) is 46.2 Å². The summed E-state index contributed by atoms with van der Waals surface area (Å²) in [6, 6.07) is 4.13. The van der Waals surface area contributed by atoms with Crippen molar-refractivity contribution < 1.29 is 4.74 Å². The lowest BCUT2D eigenvalue weighted by Crippen LogP contribution is -2.24. The van der Waals surface area contributed by atoms with E-state index in [1.54, 1.807) is 0 Å². The van der Waals surface area contributed by atoms with Crippen molar-refractivity contribution in [3.05, 3.63) is 12.1 Å². The molecule has 3 N–H and O–H groups in total. The average Bonchev–Trinajstić information content (AvgIpc) is 2.29. The molecule has 0 saturated heterocycles. The molecular weight excluding hydrogens is 238 g/mol. The van der Waals surface area contributed by atoms with Crippen LogP contribution in [0.25, 0.3) is 0 Å². The molecule has 1 aromatic rings. The molecule has 0 fully saturated rings. The van der Waals surface area contributed by atoms with E-state index in [-0.39, 0.29) is 5.60 Å². The number of anilines is 2. The van der Waals surface area contributed by atoms with Crippen LogP contribution in [0.15, 0.2) is 12.1 Å². The number of aromatic nitrogens is 1. The Balaban J connectivity index is 2.73. The molecule has 0 bridgehead atoms. The second-order valence-corrected chi connectivity index (χ2v) is 5.99. The van der Waals surface area contributed by atoms with E-state index in [0.29, 0.717) is 17.6 Å². The first-order chi connectivity index (χ1) is 8.81. The van der Waals surface area contributed by atoms with Gasteiger partial charge in [-0.3, -0.25) is 0 Å². The molecule has 0 spiro atoms. The van der Waals surface area contributed by atoms with Crippen LogP contribution in [-0.2, 0) is 0 Å². The van der Waals surface area contributed by atoms with E-state index >= 15 is 0 Å². The molecule has 1 rings (SSSR count). The standard InChI is InChI=1S/C15H27N3O/c1-6-7-8-11(2)17-13-10-9-12(16)14(18-13)19-15(3,4)5/h9-11H,6-8,16H2,1-5H3,(H,17,18). The van der Waals surface area contributed by atoms with Gasteiger partial charge >= 0.3 is 0 Å². The monoisotopic (exact) mass is 265 g/mol. The van der Waals surface area contributed by atoms with Gasteiger partial charge in [-0.25, -0.2) is 0 Å². The van der Waals surface area contributed by atoms with E-state index in [1.807, 2.05) is 32.9 Å². The third-order valence-corrected chi connectivity index (χ3v) is 2.68. The fraction of sp³-hybridized carbons (Fsp3) is 0.667. The maximum absolute atomic E-state index is 5.89. The second-order valence-electron chi connectivity index (χ2n) is 5.99. The summed E-state index contributed by atoms with van der Waals surface area (Å²) in [6.07, 6.45) is 3.56. The van der Waals surface area contributed by atoms with E-state index in [0.717, 1.165) is 12.2 Å². The predicted molar refractivity (Wildman–Crippen MR) is 81.6 cm³/mol. The number of ether oxygens (including phenoxy) is 1. The largest absolute Gasteiger partial charge is 0.470 e. The fourth-order valence-electron chi connectivity index (χ4n) is 1.74. The number of pyridine rings is 1. The highest BCUT2D eigenvalue weighted by Gasteiger charge is 2.15. The van der Waals surface area contributed by atoms with Gasteiger partial charge in [-0.15, -0.1) is 0 Å². The molecule has 0 aliphatic carbocycles. The number of nitrogen functional groups attached to an aromatic ring is 1. The van der Waals surface area contributed by atoms with Crippen LogP contribution >= 0.6 is 0 Å². The summed E-state index contributed by atoms with van der Waals surface area (Å²) in [5.41, 5.74) is 6.17. The van der Waals surface area contributed by atoms with Crippen LogP contribution in [0.1, 0.15) is 53.9 Å². The van der Waals surface area contributed by atoms with E-state index < -0.39 is 0 Å². The van der Waals surface area contributed by atoms with Gasteiger partial charge in [0, 0.05) is 6.04 Å². The fourth-order valence-corrected chi connectivity index (χ4v) is 1.74. The van der Waals surface area contributed by atoms with Gasteiger partial charge in [0.25, 0.3) is 0 Å². The zero-order chi connectivity index (χ0) is 14.5. The molecule has 0 radical (unpaired) electrons. The van der Waals surface area contributed by atoms with Crippen molar-refractivity contribution in [2.75, 3.05) is 11.1 Å². The molecule has 0 aliphatic heterocycles. The highest BCUT2D eigenvalue weighted by atomic mass is 16.5. The van der Waals surface area contributed by atoms with Crippen LogP contribution in [0.5, 0.6) is 5.88 Å². The van der Waals surface area contributed by atoms with Crippen molar-refractivity contribution >= 4 is 11.5 Å². The summed E-state index contributed by atoms with van der Waals surface area (Å²) in [5.74, 6) is 1.32. The molecule has 1 heterocycles. The molecule has 108 valence electrons. The molecule has 0 aliphatic rings. The summed E-state index contributed by atoms with van der Waals surface area (Å²) >= 11 is 0. The van der Waals surface area contributed by atoms with Crippen molar-refractivity contribution in [2.24, 2.45) is 0 Å². The first-order valence-corrected chi connectivity index (χ1v) is 7.04. The van der Waals surface area contributed by atoms with Gasteiger partial charge in [-0.2, -0.15) is 4.98 Å². The number of hydrogen-bond donors (Lipinski definition) is 2. The van der Waals surface area contributed by atoms with Crippen LogP contribution in [0.3, 0.4) is 0 Å². The van der Waals surface area contributed by atoms with Crippen LogP contribution < -0.4 is 15.8 Å². The normalized spacial score (nSPS) is 13.1. The molecule has 19 heavy (non-hydrogen) atoms.